The molecule has 4 aromatic heterocycles. The first-order chi connectivity index (χ1) is 20.1. The fourth-order valence-corrected chi connectivity index (χ4v) is 6.21. The number of H-pyrrole nitrogens is 1. The SMILES string of the molecule is C=CC(=O)N1CCC(n2c(=O)c(=O)n(-c3c(C)ccnc3C(C)C)c3nc(-c4c(C)ccc5[nH]ncc45)c(Cl)cc32)C1. The lowest BCUT2D eigenvalue weighted by Crippen LogP contribution is -2.44. The number of hydrogen-bond donors (Lipinski definition) is 1. The second-order valence-electron chi connectivity index (χ2n) is 11.0. The molecule has 1 fully saturated rings. The van der Waals surface area contributed by atoms with Gasteiger partial charge in [0, 0.05) is 30.2 Å². The number of amides is 1. The van der Waals surface area contributed by atoms with Crippen LogP contribution in [0.5, 0.6) is 0 Å². The first-order valence-electron chi connectivity index (χ1n) is 13.8. The van der Waals surface area contributed by atoms with Gasteiger partial charge in [0.2, 0.25) is 5.91 Å². The number of halogens is 1. The summed E-state index contributed by atoms with van der Waals surface area (Å²) >= 11 is 6.97. The predicted octanol–water partition coefficient (Wildman–Crippen LogP) is 4.84. The Morgan fingerprint density at radius 3 is 2.69 bits per heavy atom. The van der Waals surface area contributed by atoms with Crippen molar-refractivity contribution in [3.05, 3.63) is 91.9 Å². The molecule has 0 spiro atoms. The number of aromatic amines is 1. The molecular weight excluding hydrogens is 554 g/mol. The average Bonchev–Trinajstić information content (AvgIpc) is 3.64. The molecule has 0 bridgehead atoms. The van der Waals surface area contributed by atoms with E-state index in [9.17, 15) is 14.4 Å². The Morgan fingerprint density at radius 1 is 1.17 bits per heavy atom. The predicted molar refractivity (Wildman–Crippen MR) is 163 cm³/mol. The van der Waals surface area contributed by atoms with Crippen molar-refractivity contribution in [2.24, 2.45) is 0 Å². The minimum absolute atomic E-state index is 0.0359. The highest BCUT2D eigenvalue weighted by molar-refractivity contribution is 6.34. The summed E-state index contributed by atoms with van der Waals surface area (Å²) in [5, 5.41) is 8.35. The van der Waals surface area contributed by atoms with Crippen LogP contribution in [0.15, 0.2) is 58.9 Å². The number of aryl methyl sites for hydroxylation is 2. The maximum absolute atomic E-state index is 14.1. The van der Waals surface area contributed by atoms with Crippen LogP contribution in [0.4, 0.5) is 0 Å². The van der Waals surface area contributed by atoms with Gasteiger partial charge in [-0.25, -0.2) is 4.98 Å². The third-order valence-electron chi connectivity index (χ3n) is 8.02. The third-order valence-corrected chi connectivity index (χ3v) is 8.31. The van der Waals surface area contributed by atoms with Crippen molar-refractivity contribution in [1.29, 1.82) is 0 Å². The van der Waals surface area contributed by atoms with Crippen LogP contribution in [0.2, 0.25) is 5.02 Å². The van der Waals surface area contributed by atoms with E-state index >= 15 is 0 Å². The zero-order chi connectivity index (χ0) is 29.9. The van der Waals surface area contributed by atoms with E-state index in [0.29, 0.717) is 40.6 Å². The van der Waals surface area contributed by atoms with Crippen LogP contribution < -0.4 is 11.1 Å². The number of aromatic nitrogens is 6. The van der Waals surface area contributed by atoms with Crippen LogP contribution in [0, 0.1) is 13.8 Å². The fourth-order valence-electron chi connectivity index (χ4n) is 5.97. The Hall–Kier alpha value is -4.57. The van der Waals surface area contributed by atoms with Crippen molar-refractivity contribution in [2.75, 3.05) is 13.1 Å². The number of carbonyl (C=O) groups is 1. The van der Waals surface area contributed by atoms with E-state index in [1.165, 1.54) is 15.2 Å². The Morgan fingerprint density at radius 2 is 1.95 bits per heavy atom. The second kappa shape index (κ2) is 10.4. The van der Waals surface area contributed by atoms with Gasteiger partial charge in [-0.2, -0.15) is 5.10 Å². The van der Waals surface area contributed by atoms with Gasteiger partial charge in [0.25, 0.3) is 0 Å². The van der Waals surface area contributed by atoms with Gasteiger partial charge >= 0.3 is 11.1 Å². The van der Waals surface area contributed by atoms with Crippen molar-refractivity contribution in [2.45, 2.75) is 46.1 Å². The number of carbonyl (C=O) groups excluding carboxylic acids is 1. The monoisotopic (exact) mass is 583 g/mol. The lowest BCUT2D eigenvalue weighted by Gasteiger charge is -2.23. The van der Waals surface area contributed by atoms with Gasteiger partial charge in [0.15, 0.2) is 5.65 Å². The van der Waals surface area contributed by atoms with Crippen molar-refractivity contribution in [1.82, 2.24) is 34.2 Å². The van der Waals surface area contributed by atoms with Crippen molar-refractivity contribution in [3.8, 4) is 16.9 Å². The zero-order valence-electron chi connectivity index (χ0n) is 23.8. The molecule has 1 atom stereocenters. The van der Waals surface area contributed by atoms with Crippen molar-refractivity contribution >= 4 is 39.6 Å². The number of likely N-dealkylation sites (tertiary alicyclic amines) is 1. The molecule has 1 aromatic carbocycles. The largest absolute Gasteiger partial charge is 0.337 e. The van der Waals surface area contributed by atoms with Crippen LogP contribution in [0.1, 0.15) is 49.0 Å². The quantitative estimate of drug-likeness (QED) is 0.234. The summed E-state index contributed by atoms with van der Waals surface area (Å²) in [6.07, 6.45) is 5.17. The molecule has 6 rings (SSSR count). The third kappa shape index (κ3) is 4.25. The smallest absolute Gasteiger partial charge is 0.322 e. The molecule has 1 aliphatic rings. The van der Waals surface area contributed by atoms with Crippen molar-refractivity contribution in [3.63, 3.8) is 0 Å². The summed E-state index contributed by atoms with van der Waals surface area (Å²) in [7, 11) is 0. The molecule has 214 valence electrons. The van der Waals surface area contributed by atoms with Crippen LogP contribution in [-0.2, 0) is 4.79 Å². The molecular formula is C31H30ClN7O3. The molecule has 0 aliphatic carbocycles. The van der Waals surface area contributed by atoms with Gasteiger partial charge in [0.1, 0.15) is 0 Å². The number of fused-ring (bicyclic) bond motifs is 2. The Kier molecular flexibility index (Phi) is 6.81. The van der Waals surface area contributed by atoms with E-state index in [4.69, 9.17) is 16.6 Å². The van der Waals surface area contributed by atoms with Crippen LogP contribution in [-0.4, -0.2) is 53.2 Å². The van der Waals surface area contributed by atoms with Crippen LogP contribution in [0.25, 0.3) is 39.0 Å². The molecule has 0 saturated carbocycles. The number of nitrogens with zero attached hydrogens (tertiary/aromatic N) is 6. The topological polar surface area (TPSA) is 119 Å². The summed E-state index contributed by atoms with van der Waals surface area (Å²) in [6, 6.07) is 6.97. The second-order valence-corrected chi connectivity index (χ2v) is 11.4. The molecule has 0 radical (unpaired) electrons. The van der Waals surface area contributed by atoms with Crippen LogP contribution in [0.3, 0.4) is 0 Å². The minimum atomic E-state index is -0.743. The molecule has 1 aliphatic heterocycles. The normalized spacial score (nSPS) is 15.3. The maximum atomic E-state index is 14.1. The summed E-state index contributed by atoms with van der Waals surface area (Å²) in [5.41, 5.74) is 4.20. The molecule has 5 aromatic rings. The Bertz CT molecular complexity index is 2040. The maximum Gasteiger partial charge on any atom is 0.322 e. The zero-order valence-corrected chi connectivity index (χ0v) is 24.6. The highest BCUT2D eigenvalue weighted by Crippen LogP contribution is 2.37. The van der Waals surface area contributed by atoms with E-state index in [0.717, 1.165) is 27.6 Å². The van der Waals surface area contributed by atoms with Crippen molar-refractivity contribution < 1.29 is 4.79 Å². The van der Waals surface area contributed by atoms with E-state index < -0.39 is 17.2 Å². The number of rotatable bonds is 5. The molecule has 10 nitrogen and oxygen atoms in total. The van der Waals surface area contributed by atoms with E-state index in [-0.39, 0.29) is 24.0 Å². The summed E-state index contributed by atoms with van der Waals surface area (Å²) in [5.74, 6) is -0.260. The van der Waals surface area contributed by atoms with Gasteiger partial charge in [-0.15, -0.1) is 0 Å². The fraction of sp³-hybridized carbons (Fsp3) is 0.290. The molecule has 1 amide bonds. The molecule has 1 unspecified atom stereocenters. The molecule has 11 heteroatoms. The summed E-state index contributed by atoms with van der Waals surface area (Å²) in [4.78, 5) is 51.7. The first kappa shape index (κ1) is 27.6. The lowest BCUT2D eigenvalue weighted by molar-refractivity contribution is -0.125. The highest BCUT2D eigenvalue weighted by Gasteiger charge is 2.31. The van der Waals surface area contributed by atoms with Gasteiger partial charge in [-0.05, 0) is 61.6 Å². The van der Waals surface area contributed by atoms with Gasteiger partial charge in [-0.3, -0.25) is 33.6 Å². The Labute approximate surface area is 246 Å². The van der Waals surface area contributed by atoms with Gasteiger partial charge in [0.05, 0.1) is 45.4 Å². The van der Waals surface area contributed by atoms with Crippen LogP contribution >= 0.6 is 11.6 Å². The first-order valence-corrected chi connectivity index (χ1v) is 14.2. The number of pyridine rings is 2. The molecule has 42 heavy (non-hydrogen) atoms. The molecule has 5 heterocycles. The standard InChI is InChI=1S/C31H30ClN7O3/c1-6-24(40)37-12-10-19(15-37)38-23-13-21(32)27(25-17(4)7-8-22-20(25)14-34-36-22)35-29(23)39(31(42)30(38)41)28-18(5)9-11-33-26(28)16(2)3/h6-9,11,13-14,16,19H,1,10,12,15H2,2-5H3,(H,34,36). The number of nitrogens with one attached hydrogen (secondary N) is 1. The number of hydrogen-bond acceptors (Lipinski definition) is 6. The lowest BCUT2D eigenvalue weighted by atomic mass is 10.0. The Balaban J connectivity index is 1.74. The molecule has 1 N–H and O–H groups in total. The average molecular weight is 584 g/mol. The van der Waals surface area contributed by atoms with E-state index in [1.807, 2.05) is 45.9 Å². The van der Waals surface area contributed by atoms with Gasteiger partial charge in [-0.1, -0.05) is 38.1 Å². The van der Waals surface area contributed by atoms with E-state index in [2.05, 4.69) is 21.8 Å². The van der Waals surface area contributed by atoms with E-state index in [1.54, 1.807) is 23.4 Å². The number of benzene rings is 1. The summed E-state index contributed by atoms with van der Waals surface area (Å²) in [6.45, 7) is 12.1. The molecule has 1 saturated heterocycles. The summed E-state index contributed by atoms with van der Waals surface area (Å²) < 4.78 is 2.84. The minimum Gasteiger partial charge on any atom is -0.337 e. The highest BCUT2D eigenvalue weighted by atomic mass is 35.5. The van der Waals surface area contributed by atoms with Gasteiger partial charge < -0.3 is 4.90 Å².